The van der Waals surface area contributed by atoms with Gasteiger partial charge in [-0.05, 0) is 6.42 Å². The van der Waals surface area contributed by atoms with Crippen LogP contribution in [0.15, 0.2) is 10.9 Å². The molecule has 0 saturated heterocycles. The van der Waals surface area contributed by atoms with Gasteiger partial charge < -0.3 is 4.52 Å². The Bertz CT molecular complexity index is 148. The Balaban J connectivity index is 2.30. The smallest absolute Gasteiger partial charge is 0.213 e. The van der Waals surface area contributed by atoms with Gasteiger partial charge in [-0.25, -0.2) is 0 Å². The predicted molar refractivity (Wildman–Crippen MR) is 32.9 cm³/mol. The highest BCUT2D eigenvalue weighted by Crippen LogP contribution is 1.96. The van der Waals surface area contributed by atoms with Crippen LogP contribution in [0.3, 0.4) is 0 Å². The highest BCUT2D eigenvalue weighted by Gasteiger charge is 1.94. The molecule has 0 aliphatic carbocycles. The van der Waals surface area contributed by atoms with Gasteiger partial charge in [-0.15, -0.1) is 0 Å². The normalized spacial score (nSPS) is 9.89. The maximum absolute atomic E-state index is 4.55. The predicted octanol–water partition coefficient (Wildman–Crippen LogP) is 1.41. The number of hydrogen-bond acceptors (Lipinski definition) is 3. The van der Waals surface area contributed by atoms with E-state index < -0.39 is 0 Å². The number of rotatable bonds is 3. The molecule has 0 aliphatic heterocycles. The molecule has 1 aromatic heterocycles. The summed E-state index contributed by atoms with van der Waals surface area (Å²) in [6, 6.07) is 0. The minimum atomic E-state index is 0.817. The second kappa shape index (κ2) is 3.22. The lowest BCUT2D eigenvalue weighted by Crippen LogP contribution is -1.85. The van der Waals surface area contributed by atoms with E-state index in [2.05, 4.69) is 21.6 Å². The molecule has 0 bridgehead atoms. The quantitative estimate of drug-likeness (QED) is 0.614. The van der Waals surface area contributed by atoms with Crippen LogP contribution in [0.2, 0.25) is 0 Å². The topological polar surface area (TPSA) is 38.9 Å². The van der Waals surface area contributed by atoms with E-state index in [0.717, 1.165) is 18.7 Å². The summed E-state index contributed by atoms with van der Waals surface area (Å²) in [4.78, 5) is 3.88. The molecule has 0 N–H and O–H groups in total. The molecule has 1 aromatic rings. The third kappa shape index (κ3) is 1.83. The molecule has 0 aromatic carbocycles. The van der Waals surface area contributed by atoms with Crippen molar-refractivity contribution in [1.29, 1.82) is 0 Å². The number of aryl methyl sites for hydroxylation is 1. The summed E-state index contributed by atoms with van der Waals surface area (Å²) < 4.78 is 4.55. The molecule has 0 spiro atoms. The van der Waals surface area contributed by atoms with E-state index in [1.165, 1.54) is 12.8 Å². The molecule has 3 heteroatoms. The maximum atomic E-state index is 4.55. The average molecular weight is 126 g/mol. The standard InChI is InChI=1S/C6H10N2O/c1-2-3-4-6-7-5-9-8-6/h5H,2-4H2,1H3. The zero-order valence-corrected chi connectivity index (χ0v) is 5.50. The van der Waals surface area contributed by atoms with Crippen molar-refractivity contribution in [2.45, 2.75) is 26.2 Å². The van der Waals surface area contributed by atoms with E-state index in [1.807, 2.05) is 0 Å². The summed E-state index contributed by atoms with van der Waals surface area (Å²) in [6.07, 6.45) is 4.62. The van der Waals surface area contributed by atoms with E-state index in [9.17, 15) is 0 Å². The molecule has 9 heavy (non-hydrogen) atoms. The molecule has 0 aliphatic rings. The molecule has 0 radical (unpaired) electrons. The second-order valence-electron chi connectivity index (χ2n) is 1.95. The van der Waals surface area contributed by atoms with Crippen molar-refractivity contribution in [2.75, 3.05) is 0 Å². The minimum Gasteiger partial charge on any atom is -0.343 e. The summed E-state index contributed by atoms with van der Waals surface area (Å²) in [6.45, 7) is 2.14. The molecule has 0 saturated carbocycles. The summed E-state index contributed by atoms with van der Waals surface area (Å²) in [5.74, 6) is 0.817. The molecule has 1 rings (SSSR count). The van der Waals surface area contributed by atoms with Crippen LogP contribution in [0.5, 0.6) is 0 Å². The van der Waals surface area contributed by atoms with Crippen molar-refractivity contribution in [3.63, 3.8) is 0 Å². The van der Waals surface area contributed by atoms with Crippen LogP contribution in [0, 0.1) is 0 Å². The SMILES string of the molecule is CCCCc1ncon1. The van der Waals surface area contributed by atoms with Crippen molar-refractivity contribution in [1.82, 2.24) is 10.1 Å². The van der Waals surface area contributed by atoms with Crippen molar-refractivity contribution >= 4 is 0 Å². The van der Waals surface area contributed by atoms with Crippen LogP contribution in [-0.4, -0.2) is 10.1 Å². The first-order chi connectivity index (χ1) is 4.43. The lowest BCUT2D eigenvalue weighted by atomic mass is 10.2. The summed E-state index contributed by atoms with van der Waals surface area (Å²) >= 11 is 0. The van der Waals surface area contributed by atoms with Gasteiger partial charge in [-0.2, -0.15) is 4.98 Å². The first kappa shape index (κ1) is 6.26. The molecule has 50 valence electrons. The Hall–Kier alpha value is -0.860. The van der Waals surface area contributed by atoms with Gasteiger partial charge in [0.2, 0.25) is 6.39 Å². The van der Waals surface area contributed by atoms with E-state index in [0.29, 0.717) is 0 Å². The van der Waals surface area contributed by atoms with Gasteiger partial charge in [0, 0.05) is 6.42 Å². The van der Waals surface area contributed by atoms with Gasteiger partial charge in [0.1, 0.15) is 0 Å². The third-order valence-electron chi connectivity index (χ3n) is 1.16. The van der Waals surface area contributed by atoms with Gasteiger partial charge in [0.25, 0.3) is 0 Å². The van der Waals surface area contributed by atoms with E-state index in [-0.39, 0.29) is 0 Å². The number of unbranched alkanes of at least 4 members (excludes halogenated alkanes) is 1. The highest BCUT2D eigenvalue weighted by atomic mass is 16.5. The molecule has 0 atom stereocenters. The van der Waals surface area contributed by atoms with E-state index >= 15 is 0 Å². The first-order valence-corrected chi connectivity index (χ1v) is 3.18. The van der Waals surface area contributed by atoms with Crippen molar-refractivity contribution in [2.24, 2.45) is 0 Å². The molecule has 0 amide bonds. The average Bonchev–Trinajstić information content (AvgIpc) is 2.34. The highest BCUT2D eigenvalue weighted by molar-refractivity contribution is 4.76. The van der Waals surface area contributed by atoms with Crippen molar-refractivity contribution in [3.8, 4) is 0 Å². The fourth-order valence-electron chi connectivity index (χ4n) is 0.637. The molecular weight excluding hydrogens is 116 g/mol. The zero-order chi connectivity index (χ0) is 6.53. The third-order valence-corrected chi connectivity index (χ3v) is 1.16. The molecule has 1 heterocycles. The largest absolute Gasteiger partial charge is 0.343 e. The fourth-order valence-corrected chi connectivity index (χ4v) is 0.637. The molecule has 0 unspecified atom stereocenters. The van der Waals surface area contributed by atoms with Crippen LogP contribution in [-0.2, 0) is 6.42 Å². The molecule has 3 nitrogen and oxygen atoms in total. The number of aromatic nitrogens is 2. The monoisotopic (exact) mass is 126 g/mol. The van der Waals surface area contributed by atoms with Crippen LogP contribution in [0.4, 0.5) is 0 Å². The van der Waals surface area contributed by atoms with Crippen molar-refractivity contribution in [3.05, 3.63) is 12.2 Å². The Morgan fingerprint density at radius 3 is 3.11 bits per heavy atom. The van der Waals surface area contributed by atoms with Crippen LogP contribution >= 0.6 is 0 Å². The Labute approximate surface area is 54.1 Å². The second-order valence-corrected chi connectivity index (χ2v) is 1.95. The lowest BCUT2D eigenvalue weighted by Gasteiger charge is -1.86. The Kier molecular flexibility index (Phi) is 2.24. The Morgan fingerprint density at radius 2 is 2.56 bits per heavy atom. The minimum absolute atomic E-state index is 0.817. The lowest BCUT2D eigenvalue weighted by molar-refractivity contribution is 0.409. The fraction of sp³-hybridized carbons (Fsp3) is 0.667. The first-order valence-electron chi connectivity index (χ1n) is 3.18. The Morgan fingerprint density at radius 1 is 1.67 bits per heavy atom. The van der Waals surface area contributed by atoms with E-state index in [1.54, 1.807) is 0 Å². The number of hydrogen-bond donors (Lipinski definition) is 0. The molecule has 0 fully saturated rings. The van der Waals surface area contributed by atoms with Crippen LogP contribution in [0.25, 0.3) is 0 Å². The van der Waals surface area contributed by atoms with Gasteiger partial charge >= 0.3 is 0 Å². The van der Waals surface area contributed by atoms with Crippen molar-refractivity contribution < 1.29 is 4.52 Å². The summed E-state index contributed by atoms with van der Waals surface area (Å²) in [5, 5.41) is 3.67. The van der Waals surface area contributed by atoms with Gasteiger partial charge in [-0.1, -0.05) is 18.5 Å². The number of nitrogens with zero attached hydrogens (tertiary/aromatic N) is 2. The van der Waals surface area contributed by atoms with Crippen LogP contribution < -0.4 is 0 Å². The summed E-state index contributed by atoms with van der Waals surface area (Å²) in [7, 11) is 0. The molecular formula is C6H10N2O. The zero-order valence-electron chi connectivity index (χ0n) is 5.50. The maximum Gasteiger partial charge on any atom is 0.213 e. The van der Waals surface area contributed by atoms with Crippen LogP contribution in [0.1, 0.15) is 25.6 Å². The van der Waals surface area contributed by atoms with Gasteiger partial charge in [0.05, 0.1) is 0 Å². The van der Waals surface area contributed by atoms with Gasteiger partial charge in [-0.3, -0.25) is 0 Å². The summed E-state index contributed by atoms with van der Waals surface area (Å²) in [5.41, 5.74) is 0. The van der Waals surface area contributed by atoms with Gasteiger partial charge in [0.15, 0.2) is 5.82 Å². The van der Waals surface area contributed by atoms with E-state index in [4.69, 9.17) is 0 Å².